The molecule has 0 N–H and O–H groups in total. The van der Waals surface area contributed by atoms with Gasteiger partial charge in [-0.15, -0.1) is 34.0 Å². The van der Waals surface area contributed by atoms with E-state index in [2.05, 4.69) is 22.2 Å². The Labute approximate surface area is 145 Å². The van der Waals surface area contributed by atoms with Crippen LogP contribution in [0.1, 0.15) is 0 Å². The number of aromatic nitrogens is 2. The zero-order valence-electron chi connectivity index (χ0n) is 12.2. The Balaban J connectivity index is 1.62. The van der Waals surface area contributed by atoms with Crippen LogP contribution in [0.4, 0.5) is 0 Å². The summed E-state index contributed by atoms with van der Waals surface area (Å²) in [5.41, 5.74) is 3.09. The Morgan fingerprint density at radius 3 is 2.17 bits per heavy atom. The highest BCUT2D eigenvalue weighted by atomic mass is 32.1. The van der Waals surface area contributed by atoms with Crippen LogP contribution in [-0.4, -0.2) is 17.1 Å². The number of nitrogens with zero attached hydrogens (tertiary/aromatic N) is 2. The third-order valence-electron chi connectivity index (χ3n) is 3.35. The number of hydrogen-bond acceptors (Lipinski definition) is 6. The Bertz CT molecular complexity index is 908. The lowest BCUT2D eigenvalue weighted by molar-refractivity contribution is 0.415. The van der Waals surface area contributed by atoms with Crippen molar-refractivity contribution in [2.75, 3.05) is 7.11 Å². The van der Waals surface area contributed by atoms with Crippen molar-refractivity contribution in [3.05, 3.63) is 52.5 Å². The van der Waals surface area contributed by atoms with Crippen LogP contribution < -0.4 is 4.74 Å². The van der Waals surface area contributed by atoms with Gasteiger partial charge in [-0.1, -0.05) is 6.07 Å². The maximum absolute atomic E-state index is 5.19. The van der Waals surface area contributed by atoms with Crippen LogP contribution in [0.2, 0.25) is 0 Å². The fourth-order valence-electron chi connectivity index (χ4n) is 2.18. The van der Waals surface area contributed by atoms with Gasteiger partial charge in [0.05, 0.1) is 23.4 Å². The van der Waals surface area contributed by atoms with Gasteiger partial charge in [-0.25, -0.2) is 9.97 Å². The van der Waals surface area contributed by atoms with E-state index in [1.54, 1.807) is 41.1 Å². The summed E-state index contributed by atoms with van der Waals surface area (Å²) >= 11 is 4.97. The molecule has 0 unspecified atom stereocenters. The topological polar surface area (TPSA) is 35.0 Å². The highest BCUT2D eigenvalue weighted by Crippen LogP contribution is 2.34. The van der Waals surface area contributed by atoms with Crippen LogP contribution in [0, 0.1) is 0 Å². The molecule has 0 saturated carbocycles. The maximum Gasteiger partial charge on any atom is 0.152 e. The average molecular weight is 356 g/mol. The van der Waals surface area contributed by atoms with E-state index < -0.39 is 0 Å². The van der Waals surface area contributed by atoms with Crippen LogP contribution in [0.15, 0.2) is 52.5 Å². The molecule has 0 fully saturated rings. The zero-order valence-corrected chi connectivity index (χ0v) is 14.7. The van der Waals surface area contributed by atoms with Gasteiger partial charge in [-0.2, -0.15) is 0 Å². The summed E-state index contributed by atoms with van der Waals surface area (Å²) in [6.07, 6.45) is 0. The molecule has 0 bridgehead atoms. The van der Waals surface area contributed by atoms with E-state index in [0.29, 0.717) is 0 Å². The van der Waals surface area contributed by atoms with Crippen molar-refractivity contribution >= 4 is 34.0 Å². The van der Waals surface area contributed by atoms with Gasteiger partial charge in [-0.05, 0) is 35.7 Å². The van der Waals surface area contributed by atoms with Crippen LogP contribution in [0.5, 0.6) is 5.75 Å². The van der Waals surface area contributed by atoms with Crippen LogP contribution in [-0.2, 0) is 0 Å². The molecule has 0 radical (unpaired) electrons. The molecule has 0 spiro atoms. The van der Waals surface area contributed by atoms with Gasteiger partial charge in [0.15, 0.2) is 10.0 Å². The molecule has 0 atom stereocenters. The number of rotatable bonds is 4. The Kier molecular flexibility index (Phi) is 3.95. The van der Waals surface area contributed by atoms with Gasteiger partial charge >= 0.3 is 0 Å². The first kappa shape index (κ1) is 14.6. The molecule has 114 valence electrons. The smallest absolute Gasteiger partial charge is 0.152 e. The summed E-state index contributed by atoms with van der Waals surface area (Å²) in [5, 5.41) is 8.17. The number of methoxy groups -OCH3 is 1. The molecular weight excluding hydrogens is 344 g/mol. The summed E-state index contributed by atoms with van der Waals surface area (Å²) in [4.78, 5) is 10.6. The third kappa shape index (κ3) is 2.93. The number of thiophene rings is 1. The lowest BCUT2D eigenvalue weighted by Crippen LogP contribution is -1.83. The summed E-state index contributed by atoms with van der Waals surface area (Å²) < 4.78 is 5.19. The SMILES string of the molecule is COc1ccc(-c2csc(-c3nc(-c4cccs4)cs3)n2)cc1. The first-order chi connectivity index (χ1) is 11.3. The van der Waals surface area contributed by atoms with Gasteiger partial charge in [0, 0.05) is 16.3 Å². The maximum atomic E-state index is 5.19. The first-order valence-corrected chi connectivity index (χ1v) is 9.57. The molecule has 0 amide bonds. The first-order valence-electron chi connectivity index (χ1n) is 6.93. The van der Waals surface area contributed by atoms with Gasteiger partial charge in [0.1, 0.15) is 5.75 Å². The van der Waals surface area contributed by atoms with Crippen molar-refractivity contribution in [3.63, 3.8) is 0 Å². The Hall–Kier alpha value is -2.02. The van der Waals surface area contributed by atoms with Crippen molar-refractivity contribution in [2.45, 2.75) is 0 Å². The molecule has 4 aromatic rings. The van der Waals surface area contributed by atoms with Gasteiger partial charge in [0.2, 0.25) is 0 Å². The number of hydrogen-bond donors (Lipinski definition) is 0. The standard InChI is InChI=1S/C17H12N2OS3/c1-20-12-6-4-11(5-7-12)13-9-22-16(18-13)17-19-14(10-23-17)15-3-2-8-21-15/h2-10H,1H3. The lowest BCUT2D eigenvalue weighted by Gasteiger charge is -2.00. The number of benzene rings is 1. The molecule has 0 saturated heterocycles. The van der Waals surface area contributed by atoms with Crippen molar-refractivity contribution < 1.29 is 4.74 Å². The van der Waals surface area contributed by atoms with E-state index in [1.807, 2.05) is 30.3 Å². The molecular formula is C17H12N2OS3. The van der Waals surface area contributed by atoms with E-state index in [0.717, 1.165) is 32.7 Å². The molecule has 0 aliphatic rings. The predicted molar refractivity (Wildman–Crippen MR) is 98.5 cm³/mol. The molecule has 6 heteroatoms. The fraction of sp³-hybridized carbons (Fsp3) is 0.0588. The predicted octanol–water partition coefficient (Wildman–Crippen LogP) is 5.67. The number of thiazole rings is 2. The van der Waals surface area contributed by atoms with Crippen molar-refractivity contribution in [3.8, 4) is 37.6 Å². The second-order valence-corrected chi connectivity index (χ2v) is 7.45. The van der Waals surface area contributed by atoms with E-state index in [1.165, 1.54) is 4.88 Å². The van der Waals surface area contributed by atoms with Gasteiger partial charge in [0.25, 0.3) is 0 Å². The molecule has 23 heavy (non-hydrogen) atoms. The second kappa shape index (κ2) is 6.23. The normalized spacial score (nSPS) is 10.8. The molecule has 0 aliphatic carbocycles. The van der Waals surface area contributed by atoms with E-state index >= 15 is 0 Å². The molecule has 0 aliphatic heterocycles. The zero-order chi connectivity index (χ0) is 15.6. The highest BCUT2D eigenvalue weighted by molar-refractivity contribution is 7.20. The van der Waals surface area contributed by atoms with E-state index in [9.17, 15) is 0 Å². The van der Waals surface area contributed by atoms with E-state index in [4.69, 9.17) is 14.7 Å². The highest BCUT2D eigenvalue weighted by Gasteiger charge is 2.12. The van der Waals surface area contributed by atoms with Crippen LogP contribution in [0.3, 0.4) is 0 Å². The van der Waals surface area contributed by atoms with Crippen LogP contribution in [0.25, 0.3) is 31.8 Å². The number of ether oxygens (including phenoxy) is 1. The lowest BCUT2D eigenvalue weighted by atomic mass is 10.2. The monoisotopic (exact) mass is 356 g/mol. The summed E-state index contributed by atoms with van der Waals surface area (Å²) in [6.45, 7) is 0. The molecule has 3 nitrogen and oxygen atoms in total. The summed E-state index contributed by atoms with van der Waals surface area (Å²) in [6, 6.07) is 12.1. The van der Waals surface area contributed by atoms with Crippen LogP contribution >= 0.6 is 34.0 Å². The minimum Gasteiger partial charge on any atom is -0.497 e. The second-order valence-electron chi connectivity index (χ2n) is 4.78. The average Bonchev–Trinajstić information content (AvgIpc) is 3.34. The Morgan fingerprint density at radius 2 is 1.52 bits per heavy atom. The van der Waals surface area contributed by atoms with Crippen molar-refractivity contribution in [1.29, 1.82) is 0 Å². The third-order valence-corrected chi connectivity index (χ3v) is 6.07. The van der Waals surface area contributed by atoms with Crippen molar-refractivity contribution in [2.24, 2.45) is 0 Å². The summed E-state index contributed by atoms with van der Waals surface area (Å²) in [5.74, 6) is 0.852. The fourth-order valence-corrected chi connectivity index (χ4v) is 4.64. The van der Waals surface area contributed by atoms with Crippen molar-refractivity contribution in [1.82, 2.24) is 9.97 Å². The van der Waals surface area contributed by atoms with E-state index in [-0.39, 0.29) is 0 Å². The minimum absolute atomic E-state index is 0.852. The molecule has 3 aromatic heterocycles. The minimum atomic E-state index is 0.852. The van der Waals surface area contributed by atoms with Gasteiger partial charge in [-0.3, -0.25) is 0 Å². The quantitative estimate of drug-likeness (QED) is 0.472. The molecule has 3 heterocycles. The largest absolute Gasteiger partial charge is 0.497 e. The Morgan fingerprint density at radius 1 is 0.826 bits per heavy atom. The molecule has 1 aromatic carbocycles. The summed E-state index contributed by atoms with van der Waals surface area (Å²) in [7, 11) is 1.67. The van der Waals surface area contributed by atoms with Gasteiger partial charge < -0.3 is 4.74 Å². The molecule has 4 rings (SSSR count).